The molecule has 4 aromatic rings. The van der Waals surface area contributed by atoms with Gasteiger partial charge >= 0.3 is 0 Å². The Labute approximate surface area is 166 Å². The molecule has 0 saturated carbocycles. The van der Waals surface area contributed by atoms with E-state index in [4.69, 9.17) is 9.26 Å². The van der Waals surface area contributed by atoms with Crippen LogP contribution in [0.3, 0.4) is 0 Å². The van der Waals surface area contributed by atoms with Gasteiger partial charge in [0.2, 0.25) is 5.82 Å². The van der Waals surface area contributed by atoms with E-state index in [1.54, 1.807) is 18.2 Å². The van der Waals surface area contributed by atoms with Crippen molar-refractivity contribution in [3.63, 3.8) is 0 Å². The number of anilines is 1. The molecule has 1 amide bonds. The molecule has 144 valence electrons. The number of halogens is 1. The van der Waals surface area contributed by atoms with Crippen LogP contribution in [-0.4, -0.2) is 22.7 Å². The zero-order chi connectivity index (χ0) is 20.1. The zero-order valence-corrected chi connectivity index (χ0v) is 15.2. The topological polar surface area (TPSA) is 77.2 Å². The van der Waals surface area contributed by atoms with Crippen LogP contribution in [0.2, 0.25) is 0 Å². The number of benzene rings is 3. The number of amides is 1. The van der Waals surface area contributed by atoms with Gasteiger partial charge in [0, 0.05) is 11.3 Å². The van der Waals surface area contributed by atoms with Crippen molar-refractivity contribution in [2.45, 2.75) is 0 Å². The lowest BCUT2D eigenvalue weighted by molar-refractivity contribution is -0.118. The maximum Gasteiger partial charge on any atom is 0.262 e. The summed E-state index contributed by atoms with van der Waals surface area (Å²) in [5.74, 6) is 0.442. The number of carbonyl (C=O) groups is 1. The second-order valence-corrected chi connectivity index (χ2v) is 6.13. The maximum absolute atomic E-state index is 13.0. The number of aromatic nitrogens is 2. The molecule has 0 fully saturated rings. The van der Waals surface area contributed by atoms with E-state index in [1.807, 2.05) is 36.4 Å². The summed E-state index contributed by atoms with van der Waals surface area (Å²) in [6.45, 7) is -0.228. The highest BCUT2D eigenvalue weighted by Crippen LogP contribution is 2.30. The summed E-state index contributed by atoms with van der Waals surface area (Å²) in [6, 6.07) is 22.0. The van der Waals surface area contributed by atoms with Crippen molar-refractivity contribution < 1.29 is 18.4 Å². The summed E-state index contributed by atoms with van der Waals surface area (Å²) < 4.78 is 24.0. The SMILES string of the molecule is O=C(COc1ccccc1-c1nc(-c2ccccc2)no1)Nc1ccc(F)cc1. The fourth-order valence-corrected chi connectivity index (χ4v) is 2.68. The highest BCUT2D eigenvalue weighted by molar-refractivity contribution is 5.91. The molecule has 4 rings (SSSR count). The van der Waals surface area contributed by atoms with Crippen LogP contribution in [0.25, 0.3) is 22.8 Å². The highest BCUT2D eigenvalue weighted by Gasteiger charge is 2.15. The number of hydrogen-bond acceptors (Lipinski definition) is 5. The molecular formula is C22H16FN3O3. The molecule has 0 aliphatic carbocycles. The molecule has 7 heteroatoms. The maximum atomic E-state index is 13.0. The van der Waals surface area contributed by atoms with Gasteiger partial charge < -0.3 is 14.6 Å². The molecule has 1 aromatic heterocycles. The molecular weight excluding hydrogens is 373 g/mol. The standard InChI is InChI=1S/C22H16FN3O3/c23-16-10-12-17(13-11-16)24-20(27)14-28-19-9-5-4-8-18(19)22-25-21(26-29-22)15-6-2-1-3-7-15/h1-13H,14H2,(H,24,27). The number of hydrogen-bond donors (Lipinski definition) is 1. The summed E-state index contributed by atoms with van der Waals surface area (Å²) >= 11 is 0. The Balaban J connectivity index is 1.47. The summed E-state index contributed by atoms with van der Waals surface area (Å²) in [6.07, 6.45) is 0. The Morgan fingerprint density at radius 2 is 1.69 bits per heavy atom. The number of nitrogens with zero attached hydrogens (tertiary/aromatic N) is 2. The second kappa shape index (κ2) is 8.35. The Bertz CT molecular complexity index is 1110. The Morgan fingerprint density at radius 3 is 2.48 bits per heavy atom. The number of rotatable bonds is 6. The first-order valence-corrected chi connectivity index (χ1v) is 8.86. The molecule has 0 aliphatic rings. The van der Waals surface area contributed by atoms with Gasteiger partial charge in [-0.1, -0.05) is 47.6 Å². The fourth-order valence-electron chi connectivity index (χ4n) is 2.68. The van der Waals surface area contributed by atoms with Gasteiger partial charge in [0.15, 0.2) is 6.61 Å². The van der Waals surface area contributed by atoms with Crippen molar-refractivity contribution in [3.8, 4) is 28.6 Å². The lowest BCUT2D eigenvalue weighted by atomic mass is 10.2. The van der Waals surface area contributed by atoms with Gasteiger partial charge in [-0.2, -0.15) is 4.98 Å². The highest BCUT2D eigenvalue weighted by atomic mass is 19.1. The third kappa shape index (κ3) is 4.47. The smallest absolute Gasteiger partial charge is 0.262 e. The molecule has 0 saturated heterocycles. The number of para-hydroxylation sites is 1. The third-order valence-corrected chi connectivity index (χ3v) is 4.06. The van der Waals surface area contributed by atoms with E-state index < -0.39 is 0 Å². The largest absolute Gasteiger partial charge is 0.483 e. The lowest BCUT2D eigenvalue weighted by Crippen LogP contribution is -2.20. The molecule has 0 spiro atoms. The van der Waals surface area contributed by atoms with Crippen LogP contribution in [0.1, 0.15) is 0 Å². The molecule has 1 N–H and O–H groups in total. The van der Waals surface area contributed by atoms with E-state index in [0.29, 0.717) is 28.7 Å². The van der Waals surface area contributed by atoms with E-state index in [2.05, 4.69) is 15.5 Å². The average molecular weight is 389 g/mol. The van der Waals surface area contributed by atoms with E-state index >= 15 is 0 Å². The van der Waals surface area contributed by atoms with Crippen molar-refractivity contribution in [1.29, 1.82) is 0 Å². The molecule has 0 bridgehead atoms. The lowest BCUT2D eigenvalue weighted by Gasteiger charge is -2.09. The van der Waals surface area contributed by atoms with E-state index in [0.717, 1.165) is 5.56 Å². The van der Waals surface area contributed by atoms with Crippen LogP contribution >= 0.6 is 0 Å². The van der Waals surface area contributed by atoms with Crippen molar-refractivity contribution in [2.24, 2.45) is 0 Å². The van der Waals surface area contributed by atoms with Gasteiger partial charge in [0.1, 0.15) is 11.6 Å². The molecule has 0 atom stereocenters. The van der Waals surface area contributed by atoms with Crippen LogP contribution in [0.4, 0.5) is 10.1 Å². The summed E-state index contributed by atoms with van der Waals surface area (Å²) in [5.41, 5.74) is 1.90. The summed E-state index contributed by atoms with van der Waals surface area (Å²) in [4.78, 5) is 16.5. The molecule has 29 heavy (non-hydrogen) atoms. The van der Waals surface area contributed by atoms with Crippen molar-refractivity contribution >= 4 is 11.6 Å². The normalized spacial score (nSPS) is 10.5. The van der Waals surface area contributed by atoms with Gasteiger partial charge in [-0.25, -0.2) is 4.39 Å². The van der Waals surface area contributed by atoms with Crippen molar-refractivity contribution in [2.75, 3.05) is 11.9 Å². The van der Waals surface area contributed by atoms with Crippen molar-refractivity contribution in [1.82, 2.24) is 10.1 Å². The van der Waals surface area contributed by atoms with Crippen LogP contribution < -0.4 is 10.1 Å². The molecule has 6 nitrogen and oxygen atoms in total. The Hall–Kier alpha value is -4.00. The number of ether oxygens (including phenoxy) is 1. The van der Waals surface area contributed by atoms with Crippen LogP contribution in [0, 0.1) is 5.82 Å². The van der Waals surface area contributed by atoms with E-state index in [9.17, 15) is 9.18 Å². The first-order valence-electron chi connectivity index (χ1n) is 8.86. The molecule has 0 unspecified atom stereocenters. The van der Waals surface area contributed by atoms with E-state index in [1.165, 1.54) is 24.3 Å². The monoisotopic (exact) mass is 389 g/mol. The van der Waals surface area contributed by atoms with Gasteiger partial charge in [-0.05, 0) is 36.4 Å². The molecule has 0 radical (unpaired) electrons. The average Bonchev–Trinajstić information content (AvgIpc) is 3.25. The van der Waals surface area contributed by atoms with Crippen LogP contribution in [0.15, 0.2) is 83.4 Å². The van der Waals surface area contributed by atoms with Gasteiger partial charge in [-0.15, -0.1) is 0 Å². The van der Waals surface area contributed by atoms with Crippen LogP contribution in [-0.2, 0) is 4.79 Å². The van der Waals surface area contributed by atoms with Crippen LogP contribution in [0.5, 0.6) is 5.75 Å². The zero-order valence-electron chi connectivity index (χ0n) is 15.2. The van der Waals surface area contributed by atoms with Gasteiger partial charge in [-0.3, -0.25) is 4.79 Å². The van der Waals surface area contributed by atoms with Crippen molar-refractivity contribution in [3.05, 3.63) is 84.7 Å². The molecule has 3 aromatic carbocycles. The Morgan fingerprint density at radius 1 is 0.966 bits per heavy atom. The second-order valence-electron chi connectivity index (χ2n) is 6.13. The predicted octanol–water partition coefficient (Wildman–Crippen LogP) is 4.56. The van der Waals surface area contributed by atoms with Gasteiger partial charge in [0.25, 0.3) is 11.8 Å². The minimum absolute atomic E-state index is 0.228. The number of nitrogens with one attached hydrogen (secondary N) is 1. The van der Waals surface area contributed by atoms with Gasteiger partial charge in [0.05, 0.1) is 5.56 Å². The summed E-state index contributed by atoms with van der Waals surface area (Å²) in [7, 11) is 0. The number of carbonyl (C=O) groups excluding carboxylic acids is 1. The predicted molar refractivity (Wildman–Crippen MR) is 106 cm³/mol. The minimum Gasteiger partial charge on any atom is -0.483 e. The fraction of sp³-hybridized carbons (Fsp3) is 0.0455. The third-order valence-electron chi connectivity index (χ3n) is 4.06. The first-order chi connectivity index (χ1) is 14.2. The summed E-state index contributed by atoms with van der Waals surface area (Å²) in [5, 5.41) is 6.65. The first kappa shape index (κ1) is 18.4. The van der Waals surface area contributed by atoms with E-state index in [-0.39, 0.29) is 18.3 Å². The molecule has 0 aliphatic heterocycles. The molecule has 1 heterocycles. The minimum atomic E-state index is -0.373. The quantitative estimate of drug-likeness (QED) is 0.523. The Kier molecular flexibility index (Phi) is 5.29.